The lowest BCUT2D eigenvalue weighted by atomic mass is 9.70. The van der Waals surface area contributed by atoms with Crippen molar-refractivity contribution < 1.29 is 19.7 Å². The molecule has 4 aromatic rings. The van der Waals surface area contributed by atoms with Gasteiger partial charge in [-0.2, -0.15) is 0 Å². The van der Waals surface area contributed by atoms with E-state index in [1.165, 1.54) is 49.7 Å². The highest BCUT2D eigenvalue weighted by Gasteiger charge is 2.52. The minimum atomic E-state index is -0.599. The summed E-state index contributed by atoms with van der Waals surface area (Å²) in [4.78, 5) is 0. The molecule has 0 unspecified atom stereocenters. The maximum atomic E-state index is 10.7. The van der Waals surface area contributed by atoms with Crippen LogP contribution in [0, 0.1) is 0 Å². The number of phenols is 2. The number of aromatic hydroxyl groups is 2. The zero-order valence-corrected chi connectivity index (χ0v) is 26.1. The van der Waals surface area contributed by atoms with E-state index < -0.39 is 5.41 Å². The van der Waals surface area contributed by atoms with Crippen LogP contribution in [-0.2, 0) is 5.41 Å². The first kappa shape index (κ1) is 28.7. The van der Waals surface area contributed by atoms with E-state index >= 15 is 0 Å². The predicted octanol–water partition coefficient (Wildman–Crippen LogP) is 10.1. The van der Waals surface area contributed by atoms with E-state index in [1.807, 2.05) is 24.3 Å². The second-order valence-corrected chi connectivity index (χ2v) is 12.4. The molecular weight excluding hydrogens is 588 g/mol. The van der Waals surface area contributed by atoms with Gasteiger partial charge in [-0.25, -0.2) is 0 Å². The second kappa shape index (κ2) is 12.0. The molecule has 218 valence electrons. The van der Waals surface area contributed by atoms with Gasteiger partial charge in [-0.05, 0) is 122 Å². The number of rotatable bonds is 12. The Balaban J connectivity index is 1.49. The Morgan fingerprint density at radius 1 is 0.571 bits per heavy atom. The van der Waals surface area contributed by atoms with Gasteiger partial charge in [-0.3, -0.25) is 0 Å². The van der Waals surface area contributed by atoms with Crippen LogP contribution in [0.4, 0.5) is 0 Å². The Hall–Kier alpha value is -3.44. The smallest absolute Gasteiger partial charge is 0.130 e. The summed E-state index contributed by atoms with van der Waals surface area (Å²) >= 11 is 3.59. The van der Waals surface area contributed by atoms with Crippen LogP contribution in [0.1, 0.15) is 87.5 Å². The van der Waals surface area contributed by atoms with Crippen molar-refractivity contribution in [1.82, 2.24) is 0 Å². The number of hydrogen-bond acceptors (Lipinski definition) is 4. The number of unbranched alkanes of at least 4 members (excludes halogenated alkanes) is 6. The summed E-state index contributed by atoms with van der Waals surface area (Å²) in [6.07, 6.45) is 9.30. The molecule has 42 heavy (non-hydrogen) atoms. The summed E-state index contributed by atoms with van der Waals surface area (Å²) in [5.74, 6) is 2.12. The molecule has 0 radical (unpaired) electrons. The van der Waals surface area contributed by atoms with Gasteiger partial charge in [0.05, 0.1) is 23.1 Å². The van der Waals surface area contributed by atoms with Crippen LogP contribution in [0.25, 0.3) is 22.3 Å². The third kappa shape index (κ3) is 4.86. The average molecular weight is 628 g/mol. The fourth-order valence-electron chi connectivity index (χ4n) is 6.81. The normalized spacial score (nSPS) is 13.5. The number of halogens is 1. The standard InChI is InChI=1S/C37H39BrO4/c1-3-5-7-9-17-41-25-12-15-32-28(20-25)29-21-26(42-18-10-8-6-4-2)13-16-33(29)37(32)31-14-11-24(39)19-27(31)30-22-36(40)35(38)23-34(30)37/h11-16,19-23,39-40H,3-10,17-18H2,1-2H3. The number of benzene rings is 4. The number of fused-ring (bicyclic) bond motifs is 10. The van der Waals surface area contributed by atoms with Gasteiger partial charge in [0.15, 0.2) is 0 Å². The highest BCUT2D eigenvalue weighted by atomic mass is 79.9. The lowest BCUT2D eigenvalue weighted by Gasteiger charge is -2.30. The largest absolute Gasteiger partial charge is 0.508 e. The van der Waals surface area contributed by atoms with Gasteiger partial charge in [0.25, 0.3) is 0 Å². The van der Waals surface area contributed by atoms with Crippen molar-refractivity contribution in [3.63, 3.8) is 0 Å². The first-order chi connectivity index (χ1) is 20.5. The van der Waals surface area contributed by atoms with E-state index in [1.54, 1.807) is 6.07 Å². The molecular formula is C37H39BrO4. The molecule has 0 saturated heterocycles. The van der Waals surface area contributed by atoms with Gasteiger partial charge >= 0.3 is 0 Å². The molecule has 0 amide bonds. The maximum absolute atomic E-state index is 10.7. The van der Waals surface area contributed by atoms with E-state index in [4.69, 9.17) is 9.47 Å². The fourth-order valence-corrected chi connectivity index (χ4v) is 7.15. The van der Waals surface area contributed by atoms with Gasteiger partial charge in [0, 0.05) is 0 Å². The van der Waals surface area contributed by atoms with Gasteiger partial charge in [-0.15, -0.1) is 0 Å². The molecule has 4 nitrogen and oxygen atoms in total. The molecule has 2 N–H and O–H groups in total. The summed E-state index contributed by atoms with van der Waals surface area (Å²) in [6, 6.07) is 22.4. The summed E-state index contributed by atoms with van der Waals surface area (Å²) in [5.41, 5.74) is 8.01. The Kier molecular flexibility index (Phi) is 8.22. The monoisotopic (exact) mass is 626 g/mol. The Bertz CT molecular complexity index is 1540. The highest BCUT2D eigenvalue weighted by Crippen LogP contribution is 2.64. The van der Waals surface area contributed by atoms with Crippen LogP contribution in [0.5, 0.6) is 23.0 Å². The van der Waals surface area contributed by atoms with E-state index in [-0.39, 0.29) is 11.5 Å². The van der Waals surface area contributed by atoms with Crippen LogP contribution in [0.2, 0.25) is 0 Å². The maximum Gasteiger partial charge on any atom is 0.130 e. The van der Waals surface area contributed by atoms with Gasteiger partial charge in [-0.1, -0.05) is 70.6 Å². The second-order valence-electron chi connectivity index (χ2n) is 11.6. The van der Waals surface area contributed by atoms with Crippen molar-refractivity contribution in [2.24, 2.45) is 0 Å². The molecule has 4 aromatic carbocycles. The third-order valence-electron chi connectivity index (χ3n) is 8.80. The summed E-state index contributed by atoms with van der Waals surface area (Å²) < 4.78 is 13.2. The van der Waals surface area contributed by atoms with Crippen molar-refractivity contribution in [2.45, 2.75) is 70.6 Å². The lowest BCUT2D eigenvalue weighted by Crippen LogP contribution is -2.25. The Labute approximate surface area is 257 Å². The van der Waals surface area contributed by atoms with E-state index in [0.717, 1.165) is 57.7 Å². The quantitative estimate of drug-likeness (QED) is 0.133. The zero-order chi connectivity index (χ0) is 29.3. The predicted molar refractivity (Wildman–Crippen MR) is 173 cm³/mol. The van der Waals surface area contributed by atoms with E-state index in [9.17, 15) is 10.2 Å². The van der Waals surface area contributed by atoms with Crippen LogP contribution in [0.15, 0.2) is 71.2 Å². The molecule has 0 aliphatic heterocycles. The molecule has 0 atom stereocenters. The average Bonchev–Trinajstić information content (AvgIpc) is 3.42. The van der Waals surface area contributed by atoms with Crippen LogP contribution < -0.4 is 9.47 Å². The van der Waals surface area contributed by atoms with Crippen molar-refractivity contribution >= 4 is 15.9 Å². The zero-order valence-electron chi connectivity index (χ0n) is 24.5. The molecule has 0 saturated carbocycles. The number of phenolic OH excluding ortho intramolecular Hbond substituents is 2. The van der Waals surface area contributed by atoms with Crippen molar-refractivity contribution in [3.8, 4) is 45.3 Å². The molecule has 1 spiro atoms. The fraction of sp³-hybridized carbons (Fsp3) is 0.351. The first-order valence-electron chi connectivity index (χ1n) is 15.4. The molecule has 5 heteroatoms. The molecule has 2 aliphatic carbocycles. The minimum Gasteiger partial charge on any atom is -0.508 e. The molecule has 0 bridgehead atoms. The van der Waals surface area contributed by atoms with Gasteiger partial charge in [0.2, 0.25) is 0 Å². The van der Waals surface area contributed by atoms with Crippen LogP contribution in [-0.4, -0.2) is 23.4 Å². The molecule has 6 rings (SSSR count). The highest BCUT2D eigenvalue weighted by molar-refractivity contribution is 9.10. The van der Waals surface area contributed by atoms with E-state index in [2.05, 4.69) is 66.2 Å². The van der Waals surface area contributed by atoms with E-state index in [0.29, 0.717) is 17.7 Å². The summed E-state index contributed by atoms with van der Waals surface area (Å²) in [7, 11) is 0. The third-order valence-corrected chi connectivity index (χ3v) is 9.44. The van der Waals surface area contributed by atoms with Crippen molar-refractivity contribution in [3.05, 3.63) is 93.5 Å². The SMILES string of the molecule is CCCCCCOc1ccc2c(c1)-c1cc(OCCCCCC)ccc1C21c2ccc(O)cc2-c2cc(O)c(Br)cc21. The van der Waals surface area contributed by atoms with Crippen LogP contribution in [0.3, 0.4) is 0 Å². The molecule has 0 fully saturated rings. The summed E-state index contributed by atoms with van der Waals surface area (Å²) in [5, 5.41) is 21.2. The molecule has 0 aromatic heterocycles. The Morgan fingerprint density at radius 2 is 1.07 bits per heavy atom. The van der Waals surface area contributed by atoms with Crippen molar-refractivity contribution in [2.75, 3.05) is 13.2 Å². The Morgan fingerprint density at radius 3 is 1.62 bits per heavy atom. The first-order valence-corrected chi connectivity index (χ1v) is 16.2. The topological polar surface area (TPSA) is 58.9 Å². The molecule has 0 heterocycles. The van der Waals surface area contributed by atoms with Gasteiger partial charge < -0.3 is 19.7 Å². The minimum absolute atomic E-state index is 0.178. The molecule has 2 aliphatic rings. The number of hydrogen-bond donors (Lipinski definition) is 2. The van der Waals surface area contributed by atoms with Crippen molar-refractivity contribution in [1.29, 1.82) is 0 Å². The van der Waals surface area contributed by atoms with Gasteiger partial charge in [0.1, 0.15) is 23.0 Å². The summed E-state index contributed by atoms with van der Waals surface area (Å²) in [6.45, 7) is 5.85. The number of ether oxygens (including phenoxy) is 2. The lowest BCUT2D eigenvalue weighted by molar-refractivity contribution is 0.304. The van der Waals surface area contributed by atoms with Crippen LogP contribution >= 0.6 is 15.9 Å².